The molecule has 1 rings (SSSR count). The summed E-state index contributed by atoms with van der Waals surface area (Å²) < 4.78 is 0. The van der Waals surface area contributed by atoms with Crippen LogP contribution in [0.4, 0.5) is 16.2 Å². The standard InChI is InChI=1S/C12H18N4O3/c1-2-13-8-3-9-14-12(17)15-10-4-6-11(7-5-10)16(18)19/h4-7,13H,2-3,8-9H2,1H3,(H2,14,15,17). The predicted octanol–water partition coefficient (Wildman–Crippen LogP) is 1.72. The number of nitrogens with one attached hydrogen (secondary N) is 3. The molecule has 0 saturated carbocycles. The Bertz CT molecular complexity index is 419. The minimum atomic E-state index is -0.482. The van der Waals surface area contributed by atoms with Crippen molar-refractivity contribution in [1.82, 2.24) is 10.6 Å². The fourth-order valence-corrected chi connectivity index (χ4v) is 1.43. The number of rotatable bonds is 7. The first-order chi connectivity index (χ1) is 9.13. The molecule has 7 heteroatoms. The second kappa shape index (κ2) is 8.04. The van der Waals surface area contributed by atoms with Crippen LogP contribution in [-0.4, -0.2) is 30.6 Å². The second-order valence-electron chi connectivity index (χ2n) is 3.89. The largest absolute Gasteiger partial charge is 0.338 e. The van der Waals surface area contributed by atoms with Crippen LogP contribution >= 0.6 is 0 Å². The maximum Gasteiger partial charge on any atom is 0.319 e. The lowest BCUT2D eigenvalue weighted by Crippen LogP contribution is -2.31. The molecule has 0 aliphatic heterocycles. The fourth-order valence-electron chi connectivity index (χ4n) is 1.43. The summed E-state index contributed by atoms with van der Waals surface area (Å²) in [6.07, 6.45) is 0.849. The lowest BCUT2D eigenvalue weighted by atomic mass is 10.3. The van der Waals surface area contributed by atoms with Crippen molar-refractivity contribution < 1.29 is 9.72 Å². The van der Waals surface area contributed by atoms with Gasteiger partial charge in [-0.25, -0.2) is 4.79 Å². The molecule has 0 spiro atoms. The van der Waals surface area contributed by atoms with E-state index in [1.54, 1.807) is 0 Å². The van der Waals surface area contributed by atoms with Gasteiger partial charge in [-0.3, -0.25) is 10.1 Å². The highest BCUT2D eigenvalue weighted by atomic mass is 16.6. The number of anilines is 1. The summed E-state index contributed by atoms with van der Waals surface area (Å²) in [5, 5.41) is 18.9. The van der Waals surface area contributed by atoms with E-state index in [0.717, 1.165) is 19.5 Å². The monoisotopic (exact) mass is 266 g/mol. The van der Waals surface area contributed by atoms with Crippen molar-refractivity contribution in [2.75, 3.05) is 25.0 Å². The van der Waals surface area contributed by atoms with E-state index in [1.807, 2.05) is 6.92 Å². The molecule has 0 aromatic heterocycles. The van der Waals surface area contributed by atoms with Crippen LogP contribution in [-0.2, 0) is 0 Å². The number of carbonyl (C=O) groups is 1. The number of benzene rings is 1. The highest BCUT2D eigenvalue weighted by Gasteiger charge is 2.05. The number of carbonyl (C=O) groups excluding carboxylic acids is 1. The van der Waals surface area contributed by atoms with Crippen LogP contribution in [0.2, 0.25) is 0 Å². The summed E-state index contributed by atoms with van der Waals surface area (Å²) in [6, 6.07) is 5.37. The van der Waals surface area contributed by atoms with Crippen LogP contribution in [0.3, 0.4) is 0 Å². The number of nitro benzene ring substituents is 1. The first kappa shape index (κ1) is 14.9. The molecule has 1 aromatic carbocycles. The normalized spacial score (nSPS) is 9.95. The molecule has 1 aromatic rings. The van der Waals surface area contributed by atoms with Crippen molar-refractivity contribution in [3.8, 4) is 0 Å². The Labute approximate surface area is 111 Å². The van der Waals surface area contributed by atoms with E-state index < -0.39 is 4.92 Å². The van der Waals surface area contributed by atoms with Gasteiger partial charge in [0.25, 0.3) is 5.69 Å². The molecule has 0 fully saturated rings. The van der Waals surface area contributed by atoms with Crippen LogP contribution in [0, 0.1) is 10.1 Å². The maximum absolute atomic E-state index is 11.5. The van der Waals surface area contributed by atoms with Crippen LogP contribution in [0.15, 0.2) is 24.3 Å². The molecule has 0 unspecified atom stereocenters. The van der Waals surface area contributed by atoms with E-state index in [2.05, 4.69) is 16.0 Å². The molecule has 0 aliphatic carbocycles. The third kappa shape index (κ3) is 5.82. The summed E-state index contributed by atoms with van der Waals surface area (Å²) in [5.41, 5.74) is 0.520. The van der Waals surface area contributed by atoms with Gasteiger partial charge in [0, 0.05) is 24.4 Å². The Kier molecular flexibility index (Phi) is 6.31. The molecule has 104 valence electrons. The summed E-state index contributed by atoms with van der Waals surface area (Å²) >= 11 is 0. The third-order valence-corrected chi connectivity index (χ3v) is 2.40. The molecule has 2 amide bonds. The number of nitrogens with zero attached hydrogens (tertiary/aromatic N) is 1. The molecule has 0 bridgehead atoms. The number of hydrogen-bond donors (Lipinski definition) is 3. The SMILES string of the molecule is CCNCCCNC(=O)Nc1ccc([N+](=O)[O-])cc1. The quantitative estimate of drug-likeness (QED) is 0.397. The third-order valence-electron chi connectivity index (χ3n) is 2.40. The zero-order chi connectivity index (χ0) is 14.1. The van der Waals surface area contributed by atoms with Crippen molar-refractivity contribution in [3.63, 3.8) is 0 Å². The van der Waals surface area contributed by atoms with E-state index in [4.69, 9.17) is 0 Å². The Morgan fingerprint density at radius 2 is 1.95 bits per heavy atom. The minimum absolute atomic E-state index is 0.00315. The summed E-state index contributed by atoms with van der Waals surface area (Å²) in [7, 11) is 0. The minimum Gasteiger partial charge on any atom is -0.338 e. The molecular formula is C12H18N4O3. The van der Waals surface area contributed by atoms with E-state index >= 15 is 0 Å². The van der Waals surface area contributed by atoms with Crippen molar-refractivity contribution in [2.45, 2.75) is 13.3 Å². The van der Waals surface area contributed by atoms with Gasteiger partial charge in [0.05, 0.1) is 4.92 Å². The molecule has 0 radical (unpaired) electrons. The molecule has 0 heterocycles. The van der Waals surface area contributed by atoms with Gasteiger partial charge in [0.2, 0.25) is 0 Å². The van der Waals surface area contributed by atoms with E-state index in [1.165, 1.54) is 24.3 Å². The van der Waals surface area contributed by atoms with Crippen molar-refractivity contribution in [3.05, 3.63) is 34.4 Å². The van der Waals surface area contributed by atoms with Crippen molar-refractivity contribution in [1.29, 1.82) is 0 Å². The Morgan fingerprint density at radius 1 is 1.26 bits per heavy atom. The summed E-state index contributed by atoms with van der Waals surface area (Å²) in [5.74, 6) is 0. The molecule has 0 aliphatic rings. The molecule has 0 saturated heterocycles. The van der Waals surface area contributed by atoms with Gasteiger partial charge >= 0.3 is 6.03 Å². The number of non-ortho nitro benzene ring substituents is 1. The molecule has 3 N–H and O–H groups in total. The smallest absolute Gasteiger partial charge is 0.319 e. The zero-order valence-corrected chi connectivity index (χ0v) is 10.8. The van der Waals surface area contributed by atoms with Crippen LogP contribution < -0.4 is 16.0 Å². The molecule has 19 heavy (non-hydrogen) atoms. The Morgan fingerprint density at radius 3 is 2.53 bits per heavy atom. The molecule has 0 atom stereocenters. The van der Waals surface area contributed by atoms with Gasteiger partial charge in [0.1, 0.15) is 0 Å². The first-order valence-corrected chi connectivity index (χ1v) is 6.13. The number of hydrogen-bond acceptors (Lipinski definition) is 4. The number of nitro groups is 1. The number of urea groups is 1. The van der Waals surface area contributed by atoms with Crippen molar-refractivity contribution in [2.24, 2.45) is 0 Å². The average Bonchev–Trinajstić information content (AvgIpc) is 2.39. The zero-order valence-electron chi connectivity index (χ0n) is 10.8. The second-order valence-corrected chi connectivity index (χ2v) is 3.89. The first-order valence-electron chi connectivity index (χ1n) is 6.13. The maximum atomic E-state index is 11.5. The van der Waals surface area contributed by atoms with Crippen LogP contribution in [0.25, 0.3) is 0 Å². The van der Waals surface area contributed by atoms with Gasteiger partial charge in [-0.1, -0.05) is 6.92 Å². The van der Waals surface area contributed by atoms with Crippen LogP contribution in [0.1, 0.15) is 13.3 Å². The highest BCUT2D eigenvalue weighted by molar-refractivity contribution is 5.89. The van der Waals surface area contributed by atoms with Gasteiger partial charge in [-0.2, -0.15) is 0 Å². The van der Waals surface area contributed by atoms with Crippen molar-refractivity contribution >= 4 is 17.4 Å². The Balaban J connectivity index is 2.30. The Hall–Kier alpha value is -2.15. The van der Waals surface area contributed by atoms with Gasteiger partial charge in [-0.05, 0) is 31.6 Å². The molecular weight excluding hydrogens is 248 g/mol. The lowest BCUT2D eigenvalue weighted by Gasteiger charge is -2.07. The van der Waals surface area contributed by atoms with Gasteiger partial charge < -0.3 is 16.0 Å². The van der Waals surface area contributed by atoms with Gasteiger partial charge in [0.15, 0.2) is 0 Å². The van der Waals surface area contributed by atoms with E-state index in [-0.39, 0.29) is 11.7 Å². The lowest BCUT2D eigenvalue weighted by molar-refractivity contribution is -0.384. The topological polar surface area (TPSA) is 96.3 Å². The summed E-state index contributed by atoms with van der Waals surface area (Å²) in [4.78, 5) is 21.5. The van der Waals surface area contributed by atoms with E-state index in [9.17, 15) is 14.9 Å². The molecule has 7 nitrogen and oxygen atoms in total. The number of amides is 2. The van der Waals surface area contributed by atoms with Crippen LogP contribution in [0.5, 0.6) is 0 Å². The average molecular weight is 266 g/mol. The predicted molar refractivity (Wildman–Crippen MR) is 73.3 cm³/mol. The van der Waals surface area contributed by atoms with E-state index in [0.29, 0.717) is 12.2 Å². The fraction of sp³-hybridized carbons (Fsp3) is 0.417. The van der Waals surface area contributed by atoms with Gasteiger partial charge in [-0.15, -0.1) is 0 Å². The highest BCUT2D eigenvalue weighted by Crippen LogP contribution is 2.14. The summed E-state index contributed by atoms with van der Waals surface area (Å²) in [6.45, 7) is 4.36.